The van der Waals surface area contributed by atoms with Crippen LogP contribution in [0.3, 0.4) is 0 Å². The number of hydrogen-bond donors (Lipinski definition) is 0. The van der Waals surface area contributed by atoms with Gasteiger partial charge >= 0.3 is 0 Å². The molecule has 0 N–H and O–H groups in total. The Hall–Kier alpha value is 0.270. The van der Waals surface area contributed by atoms with Gasteiger partial charge in [0.2, 0.25) is 0 Å². The molecule has 3 heteroatoms. The summed E-state index contributed by atoms with van der Waals surface area (Å²) in [6.45, 7) is 11.9. The molecule has 0 aliphatic rings. The van der Waals surface area contributed by atoms with E-state index in [-0.39, 0.29) is 0 Å². The van der Waals surface area contributed by atoms with E-state index >= 15 is 0 Å². The van der Waals surface area contributed by atoms with Crippen molar-refractivity contribution >= 4 is 11.8 Å². The molecule has 0 spiro atoms. The van der Waals surface area contributed by atoms with Gasteiger partial charge in [-0.3, -0.25) is 0 Å². The average Bonchev–Trinajstić information content (AvgIpc) is 2.47. The molecule has 21 heavy (non-hydrogen) atoms. The molecule has 0 aromatic heterocycles. The molecule has 0 bridgehead atoms. The lowest BCUT2D eigenvalue weighted by atomic mass is 9.96. The van der Waals surface area contributed by atoms with Crippen molar-refractivity contribution in [1.82, 2.24) is 9.80 Å². The minimum Gasteiger partial charge on any atom is -0.309 e. The Morgan fingerprint density at radius 2 is 0.905 bits per heavy atom. The zero-order valence-corrected chi connectivity index (χ0v) is 16.8. The molecule has 128 valence electrons. The van der Waals surface area contributed by atoms with Gasteiger partial charge in [-0.15, -0.1) is 11.8 Å². The first kappa shape index (κ1) is 21.3. The molecular weight excluding hydrogens is 276 g/mol. The first-order valence-electron chi connectivity index (χ1n) is 8.78. The summed E-state index contributed by atoms with van der Waals surface area (Å²) in [5.74, 6) is 0. The third kappa shape index (κ3) is 7.38. The van der Waals surface area contributed by atoms with Crippen molar-refractivity contribution in [2.24, 2.45) is 0 Å². The maximum Gasteiger partial charge on any atom is 0.0172 e. The smallest absolute Gasteiger partial charge is 0.0172 e. The molecule has 0 unspecified atom stereocenters. The van der Waals surface area contributed by atoms with E-state index in [1.807, 2.05) is 0 Å². The van der Waals surface area contributed by atoms with Gasteiger partial charge in [-0.25, -0.2) is 0 Å². The van der Waals surface area contributed by atoms with Crippen molar-refractivity contribution in [3.05, 3.63) is 0 Å². The van der Waals surface area contributed by atoms with Crippen LogP contribution in [-0.4, -0.2) is 60.6 Å². The zero-order valence-electron chi connectivity index (χ0n) is 16.0. The van der Waals surface area contributed by atoms with E-state index in [4.69, 9.17) is 0 Å². The highest BCUT2D eigenvalue weighted by atomic mass is 32.2. The van der Waals surface area contributed by atoms with E-state index in [1.54, 1.807) is 0 Å². The summed E-state index contributed by atoms with van der Waals surface area (Å²) < 4.78 is 0.894. The van der Waals surface area contributed by atoms with E-state index in [1.165, 1.54) is 51.6 Å². The van der Waals surface area contributed by atoms with Crippen molar-refractivity contribution < 1.29 is 0 Å². The van der Waals surface area contributed by atoms with Crippen LogP contribution in [0.25, 0.3) is 0 Å². The fourth-order valence-corrected chi connectivity index (χ4v) is 4.79. The highest BCUT2D eigenvalue weighted by Gasteiger charge is 2.37. The van der Waals surface area contributed by atoms with E-state index in [0.717, 1.165) is 0 Å². The molecule has 0 radical (unpaired) electrons. The van der Waals surface area contributed by atoms with Crippen LogP contribution in [0.2, 0.25) is 0 Å². The largest absolute Gasteiger partial charge is 0.309 e. The maximum atomic E-state index is 2.38. The van der Waals surface area contributed by atoms with Crippen molar-refractivity contribution in [3.8, 4) is 0 Å². The van der Waals surface area contributed by atoms with Crippen LogP contribution in [0.4, 0.5) is 0 Å². The van der Waals surface area contributed by atoms with Crippen LogP contribution in [0.1, 0.15) is 66.2 Å². The second-order valence-electron chi connectivity index (χ2n) is 6.99. The number of nitrogens with zero attached hydrogens (tertiary/aromatic N) is 2. The molecule has 0 aromatic carbocycles. The third-order valence-corrected chi connectivity index (χ3v) is 7.47. The van der Waals surface area contributed by atoms with E-state index in [2.05, 4.69) is 77.4 Å². The molecular formula is C18H40N2S. The van der Waals surface area contributed by atoms with Gasteiger partial charge in [0.15, 0.2) is 0 Å². The van der Waals surface area contributed by atoms with Gasteiger partial charge in [-0.05, 0) is 79.8 Å². The zero-order chi connectivity index (χ0) is 16.5. The lowest BCUT2D eigenvalue weighted by Gasteiger charge is -2.43. The molecule has 0 saturated heterocycles. The summed E-state index contributed by atoms with van der Waals surface area (Å²) >= 11 is 2.32. The normalized spacial score (nSPS) is 13.4. The third-order valence-electron chi connectivity index (χ3n) is 5.04. The fourth-order valence-electron chi connectivity index (χ4n) is 2.91. The van der Waals surface area contributed by atoms with Gasteiger partial charge in [-0.1, -0.05) is 27.7 Å². The Kier molecular flexibility index (Phi) is 10.3. The summed E-state index contributed by atoms with van der Waals surface area (Å²) in [4.78, 5) is 4.67. The number of rotatable bonds is 12. The summed E-state index contributed by atoms with van der Waals surface area (Å²) in [5.41, 5.74) is 0. The van der Waals surface area contributed by atoms with Crippen molar-refractivity contribution in [2.45, 2.75) is 75.7 Å². The second kappa shape index (κ2) is 10.1. The Morgan fingerprint density at radius 3 is 1.10 bits per heavy atom. The maximum absolute atomic E-state index is 2.38. The standard InChI is InChI=1S/C18H40N2S/c1-9-17(10-2,13-15-19(5)6)21-18(11-3,12-4)14-16-20(7)8/h9-16H2,1-8H3. The van der Waals surface area contributed by atoms with Crippen LogP contribution >= 0.6 is 11.8 Å². The number of thioether (sulfide) groups is 1. The SMILES string of the molecule is CCC(CC)(CCN(C)C)SC(CC)(CC)CCN(C)C. The Balaban J connectivity index is 5.02. The van der Waals surface area contributed by atoms with Crippen LogP contribution in [-0.2, 0) is 0 Å². The highest BCUT2D eigenvalue weighted by molar-refractivity contribution is 8.02. The van der Waals surface area contributed by atoms with Gasteiger partial charge in [0.05, 0.1) is 0 Å². The summed E-state index contributed by atoms with van der Waals surface area (Å²) in [6.07, 6.45) is 7.75. The molecule has 0 rings (SSSR count). The van der Waals surface area contributed by atoms with Crippen LogP contribution in [0, 0.1) is 0 Å². The lowest BCUT2D eigenvalue weighted by molar-refractivity contribution is 0.343. The molecule has 0 atom stereocenters. The van der Waals surface area contributed by atoms with Crippen LogP contribution < -0.4 is 0 Å². The Morgan fingerprint density at radius 1 is 0.619 bits per heavy atom. The van der Waals surface area contributed by atoms with E-state index in [9.17, 15) is 0 Å². The second-order valence-corrected chi connectivity index (χ2v) is 8.93. The van der Waals surface area contributed by atoms with E-state index < -0.39 is 0 Å². The Bertz CT molecular complexity index is 230. The van der Waals surface area contributed by atoms with Crippen molar-refractivity contribution in [1.29, 1.82) is 0 Å². The predicted octanol–water partition coefficient (Wildman–Crippen LogP) is 4.74. The lowest BCUT2D eigenvalue weighted by Crippen LogP contribution is -2.38. The van der Waals surface area contributed by atoms with Crippen molar-refractivity contribution in [3.63, 3.8) is 0 Å². The van der Waals surface area contributed by atoms with Gasteiger partial charge in [0.1, 0.15) is 0 Å². The molecule has 0 fully saturated rings. The number of hydrogen-bond acceptors (Lipinski definition) is 3. The minimum atomic E-state index is 0.447. The minimum absolute atomic E-state index is 0.447. The first-order valence-corrected chi connectivity index (χ1v) is 9.60. The molecule has 0 aromatic rings. The molecule has 0 aliphatic heterocycles. The molecule has 0 amide bonds. The Labute approximate surface area is 139 Å². The molecule has 0 heterocycles. The topological polar surface area (TPSA) is 6.48 Å². The average molecular weight is 317 g/mol. The van der Waals surface area contributed by atoms with Crippen LogP contribution in [0.5, 0.6) is 0 Å². The molecule has 0 aliphatic carbocycles. The predicted molar refractivity (Wildman–Crippen MR) is 101 cm³/mol. The molecule has 0 saturated carbocycles. The first-order chi connectivity index (χ1) is 9.78. The summed E-state index contributed by atoms with van der Waals surface area (Å²) in [6, 6.07) is 0. The molecule has 2 nitrogen and oxygen atoms in total. The van der Waals surface area contributed by atoms with E-state index in [0.29, 0.717) is 9.49 Å². The quantitative estimate of drug-likeness (QED) is 0.513. The summed E-state index contributed by atoms with van der Waals surface area (Å²) in [7, 11) is 8.78. The fraction of sp³-hybridized carbons (Fsp3) is 1.00. The van der Waals surface area contributed by atoms with Gasteiger partial charge in [0.25, 0.3) is 0 Å². The monoisotopic (exact) mass is 316 g/mol. The van der Waals surface area contributed by atoms with Crippen molar-refractivity contribution in [2.75, 3.05) is 41.3 Å². The van der Waals surface area contributed by atoms with Gasteiger partial charge in [0, 0.05) is 9.49 Å². The van der Waals surface area contributed by atoms with Gasteiger partial charge < -0.3 is 9.80 Å². The summed E-state index contributed by atoms with van der Waals surface area (Å²) in [5, 5.41) is 0. The highest BCUT2D eigenvalue weighted by Crippen LogP contribution is 2.48. The van der Waals surface area contributed by atoms with Crippen LogP contribution in [0.15, 0.2) is 0 Å². The van der Waals surface area contributed by atoms with Gasteiger partial charge in [-0.2, -0.15) is 0 Å².